The van der Waals surface area contributed by atoms with Crippen molar-refractivity contribution in [1.29, 1.82) is 0 Å². The van der Waals surface area contributed by atoms with Gasteiger partial charge in [-0.1, -0.05) is 56.9 Å². The lowest BCUT2D eigenvalue weighted by Crippen LogP contribution is -2.14. The van der Waals surface area contributed by atoms with Gasteiger partial charge >= 0.3 is 0 Å². The molecule has 2 aromatic carbocycles. The highest BCUT2D eigenvalue weighted by Crippen LogP contribution is 2.40. The molecule has 0 spiro atoms. The first-order valence-electron chi connectivity index (χ1n) is 12.7. The van der Waals surface area contributed by atoms with E-state index in [1.165, 1.54) is 24.3 Å². The molecule has 0 heterocycles. The highest BCUT2D eigenvalue weighted by atomic mass is 19.2. The lowest BCUT2D eigenvalue weighted by molar-refractivity contribution is 0.285. The molecule has 5 heteroatoms. The van der Waals surface area contributed by atoms with Crippen LogP contribution in [0.3, 0.4) is 0 Å². The fourth-order valence-electron chi connectivity index (χ4n) is 4.86. The Balaban J connectivity index is 1.70. The molecule has 1 aliphatic carbocycles. The fraction of sp³-hybridized carbons (Fsp3) is 0.517. The summed E-state index contributed by atoms with van der Waals surface area (Å²) in [6.07, 6.45) is 13.8. The quantitative estimate of drug-likeness (QED) is 0.178. The number of unbranched alkanes of at least 4 members (excludes halogenated alkanes) is 4. The zero-order valence-corrected chi connectivity index (χ0v) is 20.3. The summed E-state index contributed by atoms with van der Waals surface area (Å²) in [7, 11) is 0. The van der Waals surface area contributed by atoms with Crippen molar-refractivity contribution in [2.45, 2.75) is 84.0 Å². The second kappa shape index (κ2) is 13.0. The lowest BCUT2D eigenvalue weighted by Gasteiger charge is -2.28. The van der Waals surface area contributed by atoms with Crippen LogP contribution in [0.2, 0.25) is 0 Å². The van der Waals surface area contributed by atoms with Crippen LogP contribution in [0.5, 0.6) is 5.75 Å². The van der Waals surface area contributed by atoms with Crippen molar-refractivity contribution in [3.05, 3.63) is 65.2 Å². The predicted molar refractivity (Wildman–Crippen MR) is 130 cm³/mol. The highest BCUT2D eigenvalue weighted by molar-refractivity contribution is 5.66. The van der Waals surface area contributed by atoms with Gasteiger partial charge in [-0.3, -0.25) is 0 Å². The molecule has 0 aromatic heterocycles. The molecule has 1 saturated carbocycles. The second-order valence-corrected chi connectivity index (χ2v) is 9.35. The lowest BCUT2D eigenvalue weighted by atomic mass is 9.77. The molecule has 0 amide bonds. The molecule has 1 fully saturated rings. The molecule has 0 radical (unpaired) electrons. The van der Waals surface area contributed by atoms with Crippen LogP contribution in [0.25, 0.3) is 11.1 Å². The third kappa shape index (κ3) is 6.43. The summed E-state index contributed by atoms with van der Waals surface area (Å²) in [5.41, 5.74) is -0.244. The minimum atomic E-state index is -1.22. The van der Waals surface area contributed by atoms with Crippen molar-refractivity contribution in [1.82, 2.24) is 0 Å². The molecule has 1 aliphatic rings. The topological polar surface area (TPSA) is 9.23 Å². The number of rotatable bonds is 11. The van der Waals surface area contributed by atoms with Crippen molar-refractivity contribution in [3.63, 3.8) is 0 Å². The van der Waals surface area contributed by atoms with Crippen LogP contribution < -0.4 is 4.74 Å². The Morgan fingerprint density at radius 3 is 2.12 bits per heavy atom. The molecular formula is C29H36F4O. The minimum absolute atomic E-state index is 0.0555. The van der Waals surface area contributed by atoms with Gasteiger partial charge in [0.15, 0.2) is 23.2 Å². The second-order valence-electron chi connectivity index (χ2n) is 9.35. The molecule has 2 aromatic rings. The zero-order valence-electron chi connectivity index (χ0n) is 20.3. The summed E-state index contributed by atoms with van der Waals surface area (Å²) in [6, 6.07) is 5.44. The third-order valence-corrected chi connectivity index (χ3v) is 6.95. The maximum atomic E-state index is 15.0. The Hall–Kier alpha value is -2.30. The molecule has 0 N–H and O–H groups in total. The molecule has 186 valence electrons. The van der Waals surface area contributed by atoms with Crippen LogP contribution in [-0.4, -0.2) is 6.61 Å². The zero-order chi connectivity index (χ0) is 24.5. The number of hydrogen-bond acceptors (Lipinski definition) is 1. The molecule has 3 rings (SSSR count). The van der Waals surface area contributed by atoms with E-state index < -0.39 is 23.3 Å². The monoisotopic (exact) mass is 476 g/mol. The van der Waals surface area contributed by atoms with Gasteiger partial charge in [0.2, 0.25) is 5.82 Å². The van der Waals surface area contributed by atoms with Gasteiger partial charge in [0.1, 0.15) is 0 Å². The Bertz CT molecular complexity index is 961. The predicted octanol–water partition coefficient (Wildman–Crippen LogP) is 9.50. The maximum absolute atomic E-state index is 15.0. The van der Waals surface area contributed by atoms with E-state index in [0.29, 0.717) is 11.5 Å². The summed E-state index contributed by atoms with van der Waals surface area (Å²) in [5, 5.41) is 0. The largest absolute Gasteiger partial charge is 0.490 e. The van der Waals surface area contributed by atoms with E-state index in [1.54, 1.807) is 0 Å². The van der Waals surface area contributed by atoms with Gasteiger partial charge in [0, 0.05) is 11.1 Å². The van der Waals surface area contributed by atoms with Crippen molar-refractivity contribution >= 4 is 0 Å². The van der Waals surface area contributed by atoms with Crippen LogP contribution in [0.4, 0.5) is 17.6 Å². The van der Waals surface area contributed by atoms with Gasteiger partial charge in [-0.25, -0.2) is 13.2 Å². The van der Waals surface area contributed by atoms with Gasteiger partial charge in [0.05, 0.1) is 6.61 Å². The molecule has 34 heavy (non-hydrogen) atoms. The molecule has 0 unspecified atom stereocenters. The third-order valence-electron chi connectivity index (χ3n) is 6.95. The number of allylic oxidation sites excluding steroid dienone is 2. The highest BCUT2D eigenvalue weighted by Gasteiger charge is 2.27. The summed E-state index contributed by atoms with van der Waals surface area (Å²) in [5.74, 6) is -4.16. The van der Waals surface area contributed by atoms with Crippen LogP contribution in [0, 0.1) is 29.2 Å². The number of hydrogen-bond donors (Lipinski definition) is 0. The van der Waals surface area contributed by atoms with E-state index in [9.17, 15) is 8.78 Å². The van der Waals surface area contributed by atoms with Crippen molar-refractivity contribution < 1.29 is 22.3 Å². The molecule has 0 atom stereocenters. The van der Waals surface area contributed by atoms with Gasteiger partial charge in [-0.05, 0) is 75.0 Å². The van der Waals surface area contributed by atoms with Gasteiger partial charge < -0.3 is 4.74 Å². The Kier molecular flexibility index (Phi) is 10.0. The van der Waals surface area contributed by atoms with Crippen LogP contribution >= 0.6 is 0 Å². The first-order valence-corrected chi connectivity index (χ1v) is 12.7. The number of halogens is 4. The summed E-state index contributed by atoms with van der Waals surface area (Å²) in [4.78, 5) is 0. The standard InChI is InChI=1S/C29H36F4O/c1-3-5-7-8-9-19-34-25-18-17-24(28(32)29(25)33)23-16-15-22(26(30)27(23)31)21-13-11-20(12-14-21)10-6-4-2/h4,6,15-18,20-21H,3,5,7-14,19H2,1-2H3/b6-4-. The van der Waals surface area contributed by atoms with Crippen molar-refractivity contribution in [2.24, 2.45) is 5.92 Å². The van der Waals surface area contributed by atoms with Crippen molar-refractivity contribution in [2.75, 3.05) is 6.61 Å². The van der Waals surface area contributed by atoms with Gasteiger partial charge in [-0.15, -0.1) is 0 Å². The summed E-state index contributed by atoms with van der Waals surface area (Å²) >= 11 is 0. The summed E-state index contributed by atoms with van der Waals surface area (Å²) < 4.78 is 64.8. The minimum Gasteiger partial charge on any atom is -0.490 e. The van der Waals surface area contributed by atoms with E-state index >= 15 is 8.78 Å². The normalized spacial score (nSPS) is 18.5. The van der Waals surface area contributed by atoms with Gasteiger partial charge in [-0.2, -0.15) is 4.39 Å². The van der Waals surface area contributed by atoms with Crippen molar-refractivity contribution in [3.8, 4) is 16.9 Å². The average molecular weight is 477 g/mol. The van der Waals surface area contributed by atoms with Crippen LogP contribution in [0.1, 0.15) is 89.5 Å². The van der Waals surface area contributed by atoms with E-state index in [-0.39, 0.29) is 29.4 Å². The van der Waals surface area contributed by atoms with E-state index in [2.05, 4.69) is 13.0 Å². The average Bonchev–Trinajstić information content (AvgIpc) is 2.85. The molecule has 0 aliphatic heterocycles. The maximum Gasteiger partial charge on any atom is 0.201 e. The Morgan fingerprint density at radius 2 is 1.44 bits per heavy atom. The SMILES string of the molecule is C/C=C\CC1CCC(c2ccc(-c3ccc(OCCCCCCC)c(F)c3F)c(F)c2F)CC1. The Labute approximate surface area is 201 Å². The Morgan fingerprint density at radius 1 is 0.794 bits per heavy atom. The van der Waals surface area contributed by atoms with Crippen LogP contribution in [-0.2, 0) is 0 Å². The first-order chi connectivity index (χ1) is 16.5. The number of benzene rings is 2. The first kappa shape index (κ1) is 26.3. The molecule has 0 bridgehead atoms. The molecular weight excluding hydrogens is 440 g/mol. The number of ether oxygens (including phenoxy) is 1. The van der Waals surface area contributed by atoms with Gasteiger partial charge in [0.25, 0.3) is 0 Å². The van der Waals surface area contributed by atoms with E-state index in [0.717, 1.165) is 64.2 Å². The van der Waals surface area contributed by atoms with Crippen LogP contribution in [0.15, 0.2) is 36.4 Å². The van der Waals surface area contributed by atoms with E-state index in [4.69, 9.17) is 4.74 Å². The molecule has 1 nitrogen and oxygen atoms in total. The van der Waals surface area contributed by atoms with E-state index in [1.807, 2.05) is 13.0 Å². The molecule has 0 saturated heterocycles. The fourth-order valence-corrected chi connectivity index (χ4v) is 4.86. The summed E-state index contributed by atoms with van der Waals surface area (Å²) in [6.45, 7) is 4.40. The smallest absolute Gasteiger partial charge is 0.201 e.